The van der Waals surface area contributed by atoms with Crippen molar-refractivity contribution in [2.75, 3.05) is 19.6 Å². The third-order valence-electron chi connectivity index (χ3n) is 4.69. The average molecular weight is 303 g/mol. The average Bonchev–Trinajstić information content (AvgIpc) is 2.56. The maximum Gasteiger partial charge on any atom is 0.104 e. The van der Waals surface area contributed by atoms with Gasteiger partial charge in [-0.3, -0.25) is 0 Å². The van der Waals surface area contributed by atoms with Crippen LogP contribution in [-0.4, -0.2) is 24.1 Å². The zero-order valence-electron chi connectivity index (χ0n) is 15.1. The van der Waals surface area contributed by atoms with Crippen LogP contribution in [0.4, 0.5) is 0 Å². The number of benzene rings is 1. The van der Waals surface area contributed by atoms with Crippen LogP contribution in [0, 0.1) is 0 Å². The summed E-state index contributed by atoms with van der Waals surface area (Å²) in [6.45, 7) is 16.0. The molecule has 1 aromatic carbocycles. The molecule has 0 unspecified atom stereocenters. The molecule has 0 aromatic heterocycles. The minimum Gasteiger partial charge on any atom is -0.320 e. The van der Waals surface area contributed by atoms with Crippen LogP contribution in [0.2, 0.25) is 0 Å². The first-order chi connectivity index (χ1) is 10.7. The Kier molecular flexibility index (Phi) is 9.15. The highest BCUT2D eigenvalue weighted by Crippen LogP contribution is 2.20. The summed E-state index contributed by atoms with van der Waals surface area (Å²) < 4.78 is 1.28. The van der Waals surface area contributed by atoms with Crippen molar-refractivity contribution in [2.45, 2.75) is 65.8 Å². The van der Waals surface area contributed by atoms with Crippen LogP contribution in [0.3, 0.4) is 0 Å². The van der Waals surface area contributed by atoms with Crippen molar-refractivity contribution < 1.29 is 4.48 Å². The molecular formula is C21H36N+. The minimum absolute atomic E-state index is 1.19. The van der Waals surface area contributed by atoms with Gasteiger partial charge in [0.05, 0.1) is 19.6 Å². The maximum atomic E-state index is 3.85. The Morgan fingerprint density at radius 3 is 1.64 bits per heavy atom. The number of hydrogen-bond acceptors (Lipinski definition) is 0. The van der Waals surface area contributed by atoms with Crippen LogP contribution in [-0.2, 0) is 6.54 Å². The Morgan fingerprint density at radius 2 is 1.27 bits per heavy atom. The van der Waals surface area contributed by atoms with E-state index in [0.29, 0.717) is 0 Å². The van der Waals surface area contributed by atoms with Gasteiger partial charge in [-0.1, -0.05) is 77.0 Å². The molecule has 0 spiro atoms. The zero-order chi connectivity index (χ0) is 16.3. The molecule has 0 aliphatic carbocycles. The van der Waals surface area contributed by atoms with Crippen LogP contribution in [0.5, 0.6) is 0 Å². The molecule has 0 saturated carbocycles. The number of unbranched alkanes of at least 4 members (excludes halogenated alkanes) is 3. The van der Waals surface area contributed by atoms with Gasteiger partial charge in [0, 0.05) is 5.56 Å². The molecular weight excluding hydrogens is 266 g/mol. The second-order valence-corrected chi connectivity index (χ2v) is 6.68. The van der Waals surface area contributed by atoms with Crippen molar-refractivity contribution in [3.05, 3.63) is 42.0 Å². The van der Waals surface area contributed by atoms with Gasteiger partial charge in [0.2, 0.25) is 0 Å². The molecule has 1 nitrogen and oxygen atoms in total. The maximum absolute atomic E-state index is 3.85. The fourth-order valence-corrected chi connectivity index (χ4v) is 3.20. The van der Waals surface area contributed by atoms with E-state index in [1.807, 2.05) is 6.08 Å². The molecule has 1 heteroatoms. The van der Waals surface area contributed by atoms with Gasteiger partial charge in [0.25, 0.3) is 0 Å². The second-order valence-electron chi connectivity index (χ2n) is 6.68. The van der Waals surface area contributed by atoms with Gasteiger partial charge in [-0.05, 0) is 24.8 Å². The summed E-state index contributed by atoms with van der Waals surface area (Å²) in [4.78, 5) is 0. The lowest BCUT2D eigenvalue weighted by Crippen LogP contribution is -2.49. The van der Waals surface area contributed by atoms with Crippen LogP contribution < -0.4 is 0 Å². The molecule has 0 amide bonds. The van der Waals surface area contributed by atoms with Gasteiger partial charge < -0.3 is 4.48 Å². The van der Waals surface area contributed by atoms with E-state index in [-0.39, 0.29) is 0 Å². The van der Waals surface area contributed by atoms with E-state index in [1.54, 1.807) is 0 Å². The minimum atomic E-state index is 1.19. The van der Waals surface area contributed by atoms with Gasteiger partial charge in [0.15, 0.2) is 0 Å². The molecule has 124 valence electrons. The van der Waals surface area contributed by atoms with Crippen LogP contribution in [0.25, 0.3) is 6.08 Å². The molecule has 0 bridgehead atoms. The van der Waals surface area contributed by atoms with Crippen molar-refractivity contribution in [2.24, 2.45) is 0 Å². The van der Waals surface area contributed by atoms with Crippen LogP contribution in [0.1, 0.15) is 70.4 Å². The fraction of sp³-hybridized carbons (Fsp3) is 0.619. The predicted octanol–water partition coefficient (Wildman–Crippen LogP) is 6.05. The first kappa shape index (κ1) is 19.0. The van der Waals surface area contributed by atoms with E-state index in [2.05, 4.69) is 51.6 Å². The Balaban J connectivity index is 2.89. The van der Waals surface area contributed by atoms with Crippen molar-refractivity contribution in [1.29, 1.82) is 0 Å². The largest absolute Gasteiger partial charge is 0.320 e. The summed E-state index contributed by atoms with van der Waals surface area (Å²) in [6, 6.07) is 9.01. The summed E-state index contributed by atoms with van der Waals surface area (Å²) in [5.74, 6) is 0. The molecule has 0 saturated heterocycles. The van der Waals surface area contributed by atoms with Crippen LogP contribution >= 0.6 is 0 Å². The topological polar surface area (TPSA) is 0 Å². The lowest BCUT2D eigenvalue weighted by atomic mass is 10.1. The molecule has 0 aliphatic heterocycles. The SMILES string of the molecule is C=Cc1ccc(C[N+](CCCC)(CCCC)CCCC)cc1. The molecule has 0 atom stereocenters. The monoisotopic (exact) mass is 302 g/mol. The van der Waals surface area contributed by atoms with E-state index >= 15 is 0 Å². The Morgan fingerprint density at radius 1 is 0.818 bits per heavy atom. The predicted molar refractivity (Wildman–Crippen MR) is 99.8 cm³/mol. The highest BCUT2D eigenvalue weighted by molar-refractivity contribution is 5.47. The lowest BCUT2D eigenvalue weighted by Gasteiger charge is -2.39. The Hall–Kier alpha value is -1.08. The van der Waals surface area contributed by atoms with E-state index < -0.39 is 0 Å². The second kappa shape index (κ2) is 10.6. The normalized spacial score (nSPS) is 11.6. The van der Waals surface area contributed by atoms with Gasteiger partial charge in [-0.2, -0.15) is 0 Å². The highest BCUT2D eigenvalue weighted by atomic mass is 15.3. The molecule has 1 rings (SSSR count). The third-order valence-corrected chi connectivity index (χ3v) is 4.69. The van der Waals surface area contributed by atoms with Crippen LogP contribution in [0.15, 0.2) is 30.8 Å². The molecule has 0 fully saturated rings. The van der Waals surface area contributed by atoms with Crippen molar-refractivity contribution in [3.63, 3.8) is 0 Å². The first-order valence-electron chi connectivity index (χ1n) is 9.26. The van der Waals surface area contributed by atoms with Crippen molar-refractivity contribution in [1.82, 2.24) is 0 Å². The van der Waals surface area contributed by atoms with Gasteiger partial charge in [-0.15, -0.1) is 0 Å². The summed E-state index contributed by atoms with van der Waals surface area (Å²) in [7, 11) is 0. The van der Waals surface area contributed by atoms with E-state index in [9.17, 15) is 0 Å². The first-order valence-corrected chi connectivity index (χ1v) is 9.26. The summed E-state index contributed by atoms with van der Waals surface area (Å²) in [5.41, 5.74) is 2.70. The highest BCUT2D eigenvalue weighted by Gasteiger charge is 2.26. The standard InChI is InChI=1S/C21H36N/c1-5-9-16-22(17-10-6-2,18-11-7-3)19-21-14-12-20(8-4)13-15-21/h8,12-15H,4-7,9-11,16-19H2,1-3H3/q+1. The van der Waals surface area contributed by atoms with Gasteiger partial charge in [-0.25, -0.2) is 0 Å². The zero-order valence-corrected chi connectivity index (χ0v) is 15.1. The van der Waals surface area contributed by atoms with Gasteiger partial charge in [0.1, 0.15) is 6.54 Å². The number of rotatable bonds is 12. The third kappa shape index (κ3) is 6.36. The summed E-state index contributed by atoms with van der Waals surface area (Å²) in [5, 5.41) is 0. The molecule has 0 N–H and O–H groups in total. The summed E-state index contributed by atoms with van der Waals surface area (Å²) in [6.07, 6.45) is 9.86. The van der Waals surface area contributed by atoms with Gasteiger partial charge >= 0.3 is 0 Å². The Bertz CT molecular complexity index is 383. The molecule has 0 radical (unpaired) electrons. The fourth-order valence-electron chi connectivity index (χ4n) is 3.20. The van der Waals surface area contributed by atoms with E-state index in [1.165, 1.54) is 80.3 Å². The van der Waals surface area contributed by atoms with Crippen molar-refractivity contribution >= 4 is 6.08 Å². The molecule has 22 heavy (non-hydrogen) atoms. The Labute approximate surface area is 138 Å². The lowest BCUT2D eigenvalue weighted by molar-refractivity contribution is -0.941. The number of nitrogens with zero attached hydrogens (tertiary/aromatic N) is 1. The van der Waals surface area contributed by atoms with E-state index in [4.69, 9.17) is 0 Å². The molecule has 0 aliphatic rings. The van der Waals surface area contributed by atoms with E-state index in [0.717, 1.165) is 0 Å². The molecule has 0 heterocycles. The van der Waals surface area contributed by atoms with Crippen molar-refractivity contribution in [3.8, 4) is 0 Å². The molecule has 1 aromatic rings. The number of hydrogen-bond donors (Lipinski definition) is 0. The number of quaternary nitrogens is 1. The summed E-state index contributed by atoms with van der Waals surface area (Å²) >= 11 is 0. The smallest absolute Gasteiger partial charge is 0.104 e. The quantitative estimate of drug-likeness (QED) is 0.412.